The largest absolute Gasteiger partial charge is 0.490 e. The molecule has 90 valence electrons. The fourth-order valence-electron chi connectivity index (χ4n) is 1.33. The molecule has 1 aromatic carbocycles. The molecule has 0 saturated heterocycles. The smallest absolute Gasteiger partial charge is 0.156 e. The SMILES string of the molecule is CCCOc1c(Cl)cc(CNCC)cc1Cl. The Labute approximate surface area is 107 Å². The number of halogens is 2. The van der Waals surface area contributed by atoms with Gasteiger partial charge in [-0.1, -0.05) is 37.0 Å². The summed E-state index contributed by atoms with van der Waals surface area (Å²) in [6, 6.07) is 3.78. The van der Waals surface area contributed by atoms with Crippen LogP contribution in [-0.2, 0) is 6.54 Å². The first-order valence-corrected chi connectivity index (χ1v) is 6.26. The second-order valence-corrected chi connectivity index (χ2v) is 4.33. The quantitative estimate of drug-likeness (QED) is 0.839. The highest BCUT2D eigenvalue weighted by Gasteiger charge is 2.09. The van der Waals surface area contributed by atoms with Crippen molar-refractivity contribution in [3.05, 3.63) is 27.7 Å². The van der Waals surface area contributed by atoms with Crippen LogP contribution in [0.5, 0.6) is 5.75 Å². The Hall–Kier alpha value is -0.440. The van der Waals surface area contributed by atoms with Gasteiger partial charge in [0.15, 0.2) is 5.75 Å². The minimum absolute atomic E-state index is 0.578. The molecule has 0 radical (unpaired) electrons. The third-order valence-corrected chi connectivity index (χ3v) is 2.65. The van der Waals surface area contributed by atoms with Crippen LogP contribution in [0.1, 0.15) is 25.8 Å². The molecule has 0 aromatic heterocycles. The average molecular weight is 262 g/mol. The van der Waals surface area contributed by atoms with Crippen LogP contribution < -0.4 is 10.1 Å². The van der Waals surface area contributed by atoms with Gasteiger partial charge in [0.25, 0.3) is 0 Å². The summed E-state index contributed by atoms with van der Waals surface area (Å²) in [7, 11) is 0. The Bertz CT molecular complexity index is 319. The molecule has 1 N–H and O–H groups in total. The van der Waals surface area contributed by atoms with Gasteiger partial charge in [-0.25, -0.2) is 0 Å². The van der Waals surface area contributed by atoms with Crippen LogP contribution >= 0.6 is 23.2 Å². The fraction of sp³-hybridized carbons (Fsp3) is 0.500. The van der Waals surface area contributed by atoms with E-state index in [1.165, 1.54) is 0 Å². The summed E-state index contributed by atoms with van der Waals surface area (Å²) < 4.78 is 5.49. The van der Waals surface area contributed by atoms with Crippen molar-refractivity contribution in [2.24, 2.45) is 0 Å². The molecule has 0 atom stereocenters. The number of hydrogen-bond donors (Lipinski definition) is 1. The van der Waals surface area contributed by atoms with Gasteiger partial charge in [-0.3, -0.25) is 0 Å². The highest BCUT2D eigenvalue weighted by atomic mass is 35.5. The number of ether oxygens (including phenoxy) is 1. The van der Waals surface area contributed by atoms with Gasteiger partial charge in [0.05, 0.1) is 16.7 Å². The Morgan fingerprint density at radius 3 is 2.31 bits per heavy atom. The van der Waals surface area contributed by atoms with E-state index in [9.17, 15) is 0 Å². The first-order valence-electron chi connectivity index (χ1n) is 5.50. The van der Waals surface area contributed by atoms with Crippen molar-refractivity contribution in [2.45, 2.75) is 26.8 Å². The fourth-order valence-corrected chi connectivity index (χ4v) is 1.97. The monoisotopic (exact) mass is 261 g/mol. The van der Waals surface area contributed by atoms with E-state index in [4.69, 9.17) is 27.9 Å². The Morgan fingerprint density at radius 2 is 1.81 bits per heavy atom. The van der Waals surface area contributed by atoms with E-state index in [2.05, 4.69) is 12.2 Å². The van der Waals surface area contributed by atoms with Gasteiger partial charge in [-0.05, 0) is 30.7 Å². The molecule has 4 heteroatoms. The van der Waals surface area contributed by atoms with Gasteiger partial charge in [-0.2, -0.15) is 0 Å². The van der Waals surface area contributed by atoms with Crippen molar-refractivity contribution in [3.63, 3.8) is 0 Å². The second kappa shape index (κ2) is 7.00. The molecule has 0 aliphatic heterocycles. The van der Waals surface area contributed by atoms with Gasteiger partial charge < -0.3 is 10.1 Å². The lowest BCUT2D eigenvalue weighted by molar-refractivity contribution is 0.317. The van der Waals surface area contributed by atoms with Crippen molar-refractivity contribution in [1.29, 1.82) is 0 Å². The van der Waals surface area contributed by atoms with E-state index in [1.54, 1.807) is 0 Å². The van der Waals surface area contributed by atoms with Crippen molar-refractivity contribution >= 4 is 23.2 Å². The molecule has 0 spiro atoms. The van der Waals surface area contributed by atoms with Crippen LogP contribution in [0.4, 0.5) is 0 Å². The van der Waals surface area contributed by atoms with Gasteiger partial charge in [-0.15, -0.1) is 0 Å². The molecule has 2 nitrogen and oxygen atoms in total. The van der Waals surface area contributed by atoms with Crippen LogP contribution in [0.3, 0.4) is 0 Å². The topological polar surface area (TPSA) is 21.3 Å². The molecular weight excluding hydrogens is 245 g/mol. The van der Waals surface area contributed by atoms with Crippen LogP contribution in [0.2, 0.25) is 10.0 Å². The van der Waals surface area contributed by atoms with Crippen LogP contribution in [0.25, 0.3) is 0 Å². The summed E-state index contributed by atoms with van der Waals surface area (Å²) in [6.07, 6.45) is 0.936. The van der Waals surface area contributed by atoms with E-state index in [-0.39, 0.29) is 0 Å². The molecular formula is C12H17Cl2NO. The molecule has 0 aliphatic rings. The molecule has 1 rings (SSSR count). The number of hydrogen-bond acceptors (Lipinski definition) is 2. The molecule has 0 heterocycles. The maximum atomic E-state index is 6.11. The summed E-state index contributed by atoms with van der Waals surface area (Å²) >= 11 is 12.2. The molecule has 1 aromatic rings. The summed E-state index contributed by atoms with van der Waals surface area (Å²) in [6.45, 7) is 6.42. The predicted molar refractivity (Wildman–Crippen MR) is 69.6 cm³/mol. The summed E-state index contributed by atoms with van der Waals surface area (Å²) in [5.74, 6) is 0.588. The molecule has 0 bridgehead atoms. The Kier molecular flexibility index (Phi) is 5.96. The number of rotatable bonds is 6. The zero-order chi connectivity index (χ0) is 12.0. The van der Waals surface area contributed by atoms with Crippen molar-refractivity contribution in [2.75, 3.05) is 13.2 Å². The molecule has 0 saturated carbocycles. The van der Waals surface area contributed by atoms with Gasteiger partial charge in [0.1, 0.15) is 0 Å². The first-order chi connectivity index (χ1) is 7.69. The summed E-state index contributed by atoms with van der Waals surface area (Å²) in [4.78, 5) is 0. The van der Waals surface area contributed by atoms with Crippen LogP contribution in [-0.4, -0.2) is 13.2 Å². The summed E-state index contributed by atoms with van der Waals surface area (Å²) in [5, 5.41) is 4.38. The zero-order valence-corrected chi connectivity index (χ0v) is 11.2. The second-order valence-electron chi connectivity index (χ2n) is 3.52. The van der Waals surface area contributed by atoms with Gasteiger partial charge >= 0.3 is 0 Å². The minimum Gasteiger partial charge on any atom is -0.490 e. The van der Waals surface area contributed by atoms with E-state index < -0.39 is 0 Å². The third kappa shape index (κ3) is 3.85. The first kappa shape index (κ1) is 13.6. The van der Waals surface area contributed by atoms with Gasteiger partial charge in [0, 0.05) is 6.54 Å². The standard InChI is InChI=1S/C12H17Cl2NO/c1-3-5-16-12-10(13)6-9(7-11(12)14)8-15-4-2/h6-7,15H,3-5,8H2,1-2H3. The number of benzene rings is 1. The molecule has 0 aliphatic carbocycles. The predicted octanol–water partition coefficient (Wildman–Crippen LogP) is 3.89. The van der Waals surface area contributed by atoms with Crippen molar-refractivity contribution in [1.82, 2.24) is 5.32 Å². The lowest BCUT2D eigenvalue weighted by atomic mass is 10.2. The zero-order valence-electron chi connectivity index (χ0n) is 9.65. The van der Waals surface area contributed by atoms with E-state index in [0.29, 0.717) is 22.4 Å². The molecule has 0 fully saturated rings. The molecule has 16 heavy (non-hydrogen) atoms. The Morgan fingerprint density at radius 1 is 1.19 bits per heavy atom. The Balaban J connectivity index is 2.80. The van der Waals surface area contributed by atoms with E-state index in [1.807, 2.05) is 19.1 Å². The van der Waals surface area contributed by atoms with E-state index in [0.717, 1.165) is 25.1 Å². The molecule has 0 amide bonds. The van der Waals surface area contributed by atoms with Gasteiger partial charge in [0.2, 0.25) is 0 Å². The normalized spacial score (nSPS) is 10.5. The van der Waals surface area contributed by atoms with Crippen molar-refractivity contribution in [3.8, 4) is 5.75 Å². The molecule has 0 unspecified atom stereocenters. The minimum atomic E-state index is 0.578. The maximum absolute atomic E-state index is 6.11. The average Bonchev–Trinajstić information content (AvgIpc) is 2.25. The summed E-state index contributed by atoms with van der Waals surface area (Å²) in [5.41, 5.74) is 1.07. The lowest BCUT2D eigenvalue weighted by Gasteiger charge is -2.11. The van der Waals surface area contributed by atoms with Crippen molar-refractivity contribution < 1.29 is 4.74 Å². The number of nitrogens with one attached hydrogen (secondary N) is 1. The maximum Gasteiger partial charge on any atom is 0.156 e. The third-order valence-electron chi connectivity index (χ3n) is 2.09. The lowest BCUT2D eigenvalue weighted by Crippen LogP contribution is -2.11. The highest BCUT2D eigenvalue weighted by molar-refractivity contribution is 6.37. The van der Waals surface area contributed by atoms with Crippen LogP contribution in [0, 0.1) is 0 Å². The van der Waals surface area contributed by atoms with Crippen LogP contribution in [0.15, 0.2) is 12.1 Å². The van der Waals surface area contributed by atoms with E-state index >= 15 is 0 Å². The highest BCUT2D eigenvalue weighted by Crippen LogP contribution is 2.34.